The summed E-state index contributed by atoms with van der Waals surface area (Å²) in [5.74, 6) is 0.197. The highest BCUT2D eigenvalue weighted by atomic mass is 16.6. The van der Waals surface area contributed by atoms with Crippen LogP contribution >= 0.6 is 0 Å². The Balaban J connectivity index is 2.43. The number of carbonyl (C=O) groups is 2. The fourth-order valence-corrected chi connectivity index (χ4v) is 1.68. The Bertz CT molecular complexity index is 472. The lowest BCUT2D eigenvalue weighted by molar-refractivity contribution is -0.105. The number of hydrogen-bond donors (Lipinski definition) is 1. The van der Waals surface area contributed by atoms with E-state index in [1.807, 2.05) is 0 Å². The van der Waals surface area contributed by atoms with Crippen LogP contribution in [0.2, 0.25) is 0 Å². The number of carbonyl (C=O) groups excluding carboxylic acids is 2. The molecule has 1 aromatic rings. The monoisotopic (exact) mass is 251 g/mol. The third-order valence-electron chi connectivity index (χ3n) is 2.40. The van der Waals surface area contributed by atoms with E-state index >= 15 is 0 Å². The molecule has 0 atom stereocenters. The van der Waals surface area contributed by atoms with Gasteiger partial charge in [-0.15, -0.1) is 0 Å². The van der Waals surface area contributed by atoms with Crippen LogP contribution in [-0.4, -0.2) is 32.2 Å². The molecule has 0 radical (unpaired) electrons. The molecule has 0 fully saturated rings. The van der Waals surface area contributed by atoms with Gasteiger partial charge in [-0.2, -0.15) is 0 Å². The van der Waals surface area contributed by atoms with Gasteiger partial charge < -0.3 is 19.5 Å². The zero-order valence-corrected chi connectivity index (χ0v) is 9.89. The second-order valence-electron chi connectivity index (χ2n) is 3.50. The van der Waals surface area contributed by atoms with E-state index in [0.717, 1.165) is 0 Å². The van der Waals surface area contributed by atoms with Gasteiger partial charge in [-0.3, -0.25) is 4.79 Å². The van der Waals surface area contributed by atoms with Crippen molar-refractivity contribution >= 4 is 18.1 Å². The lowest BCUT2D eigenvalue weighted by atomic mass is 10.1. The molecule has 0 saturated carbocycles. The van der Waals surface area contributed by atoms with E-state index in [1.54, 1.807) is 13.0 Å². The SMILES string of the molecule is CCOC(=O)c1ccc(NC=O)c2c1OCCO2. The average Bonchev–Trinajstić information content (AvgIpc) is 2.39. The Kier molecular flexibility index (Phi) is 3.66. The maximum absolute atomic E-state index is 11.7. The van der Waals surface area contributed by atoms with E-state index in [-0.39, 0.29) is 6.61 Å². The highest BCUT2D eigenvalue weighted by molar-refractivity contribution is 5.95. The Labute approximate surface area is 104 Å². The van der Waals surface area contributed by atoms with Gasteiger partial charge in [0.05, 0.1) is 12.3 Å². The molecule has 0 saturated heterocycles. The van der Waals surface area contributed by atoms with Crippen molar-refractivity contribution < 1.29 is 23.8 Å². The van der Waals surface area contributed by atoms with E-state index in [4.69, 9.17) is 14.2 Å². The van der Waals surface area contributed by atoms with Crippen LogP contribution in [0.15, 0.2) is 12.1 Å². The third kappa shape index (κ3) is 2.22. The minimum Gasteiger partial charge on any atom is -0.485 e. The van der Waals surface area contributed by atoms with Crippen molar-refractivity contribution in [1.82, 2.24) is 0 Å². The molecule has 1 aliphatic rings. The molecular weight excluding hydrogens is 238 g/mol. The van der Waals surface area contributed by atoms with Gasteiger partial charge >= 0.3 is 5.97 Å². The van der Waals surface area contributed by atoms with E-state index in [0.29, 0.717) is 42.4 Å². The number of amides is 1. The molecule has 6 nitrogen and oxygen atoms in total. The van der Waals surface area contributed by atoms with Gasteiger partial charge in [0, 0.05) is 0 Å². The van der Waals surface area contributed by atoms with Gasteiger partial charge in [-0.25, -0.2) is 4.79 Å². The summed E-state index contributed by atoms with van der Waals surface area (Å²) in [5.41, 5.74) is 0.760. The number of nitrogens with one attached hydrogen (secondary N) is 1. The van der Waals surface area contributed by atoms with Gasteiger partial charge in [0.2, 0.25) is 6.41 Å². The topological polar surface area (TPSA) is 73.9 Å². The molecule has 6 heteroatoms. The van der Waals surface area contributed by atoms with E-state index in [2.05, 4.69) is 5.32 Å². The van der Waals surface area contributed by atoms with Crippen molar-refractivity contribution in [2.24, 2.45) is 0 Å². The number of rotatable bonds is 4. The van der Waals surface area contributed by atoms with Gasteiger partial charge in [-0.05, 0) is 19.1 Å². The number of ether oxygens (including phenoxy) is 3. The summed E-state index contributed by atoms with van der Waals surface area (Å²) in [6, 6.07) is 3.12. The highest BCUT2D eigenvalue weighted by Gasteiger charge is 2.24. The van der Waals surface area contributed by atoms with E-state index in [9.17, 15) is 9.59 Å². The van der Waals surface area contributed by atoms with Crippen molar-refractivity contribution in [2.45, 2.75) is 6.92 Å². The van der Waals surface area contributed by atoms with Crippen LogP contribution in [-0.2, 0) is 9.53 Å². The molecule has 0 bridgehead atoms. The summed E-state index contributed by atoms with van der Waals surface area (Å²) in [4.78, 5) is 22.2. The molecule has 0 spiro atoms. The standard InChI is InChI=1S/C12H13NO5/c1-2-16-12(15)8-3-4-9(13-7-14)11-10(8)17-5-6-18-11/h3-4,7H,2,5-6H2,1H3,(H,13,14). The fraction of sp³-hybridized carbons (Fsp3) is 0.333. The van der Waals surface area contributed by atoms with Crippen molar-refractivity contribution in [2.75, 3.05) is 25.1 Å². The molecule has 0 aromatic heterocycles. The third-order valence-corrected chi connectivity index (χ3v) is 2.40. The Hall–Kier alpha value is -2.24. The minimum absolute atomic E-state index is 0.281. The smallest absolute Gasteiger partial charge is 0.342 e. The Morgan fingerprint density at radius 1 is 1.39 bits per heavy atom. The first-order chi connectivity index (χ1) is 8.77. The first-order valence-electron chi connectivity index (χ1n) is 5.57. The summed E-state index contributed by atoms with van der Waals surface area (Å²) in [7, 11) is 0. The summed E-state index contributed by atoms with van der Waals surface area (Å²) < 4.78 is 15.8. The van der Waals surface area contributed by atoms with Crippen molar-refractivity contribution in [1.29, 1.82) is 0 Å². The summed E-state index contributed by atoms with van der Waals surface area (Å²) in [6.45, 7) is 2.73. The van der Waals surface area contributed by atoms with Crippen LogP contribution in [0.5, 0.6) is 11.5 Å². The predicted octanol–water partition coefficient (Wildman–Crippen LogP) is 1.20. The molecule has 0 aliphatic carbocycles. The van der Waals surface area contributed by atoms with Crippen molar-refractivity contribution in [3.63, 3.8) is 0 Å². The molecular formula is C12H13NO5. The minimum atomic E-state index is -0.475. The zero-order valence-electron chi connectivity index (χ0n) is 9.89. The molecule has 2 rings (SSSR count). The van der Waals surface area contributed by atoms with Crippen LogP contribution in [0.4, 0.5) is 5.69 Å². The molecule has 1 heterocycles. The maximum Gasteiger partial charge on any atom is 0.342 e. The molecule has 96 valence electrons. The van der Waals surface area contributed by atoms with Crippen molar-refractivity contribution in [3.05, 3.63) is 17.7 Å². The summed E-state index contributed by atoms with van der Waals surface area (Å²) >= 11 is 0. The first-order valence-corrected chi connectivity index (χ1v) is 5.57. The highest BCUT2D eigenvalue weighted by Crippen LogP contribution is 2.40. The van der Waals surface area contributed by atoms with Gasteiger partial charge in [-0.1, -0.05) is 0 Å². The van der Waals surface area contributed by atoms with Gasteiger partial charge in [0.1, 0.15) is 18.8 Å². The summed E-state index contributed by atoms with van der Waals surface area (Å²) in [6.07, 6.45) is 0.539. The number of benzene rings is 1. The molecule has 1 aromatic carbocycles. The van der Waals surface area contributed by atoms with Crippen LogP contribution in [0.1, 0.15) is 17.3 Å². The number of esters is 1. The van der Waals surface area contributed by atoms with Gasteiger partial charge in [0.25, 0.3) is 0 Å². The quantitative estimate of drug-likeness (QED) is 0.643. The number of fused-ring (bicyclic) bond motifs is 1. The van der Waals surface area contributed by atoms with Crippen LogP contribution in [0, 0.1) is 0 Å². The fourth-order valence-electron chi connectivity index (χ4n) is 1.68. The van der Waals surface area contributed by atoms with Crippen LogP contribution in [0.3, 0.4) is 0 Å². The molecule has 1 aliphatic heterocycles. The molecule has 1 N–H and O–H groups in total. The lowest BCUT2D eigenvalue weighted by Crippen LogP contribution is -2.19. The first kappa shape index (κ1) is 12.2. The normalized spacial score (nSPS) is 12.7. The van der Waals surface area contributed by atoms with Crippen molar-refractivity contribution in [3.8, 4) is 11.5 Å². The predicted molar refractivity (Wildman–Crippen MR) is 63.1 cm³/mol. The van der Waals surface area contributed by atoms with Crippen LogP contribution < -0.4 is 14.8 Å². The number of hydrogen-bond acceptors (Lipinski definition) is 5. The molecule has 0 unspecified atom stereocenters. The average molecular weight is 251 g/mol. The Morgan fingerprint density at radius 3 is 2.78 bits per heavy atom. The van der Waals surface area contributed by atoms with Crippen LogP contribution in [0.25, 0.3) is 0 Å². The van der Waals surface area contributed by atoms with E-state index < -0.39 is 5.97 Å². The number of anilines is 1. The lowest BCUT2D eigenvalue weighted by Gasteiger charge is -2.22. The second-order valence-corrected chi connectivity index (χ2v) is 3.50. The molecule has 18 heavy (non-hydrogen) atoms. The van der Waals surface area contributed by atoms with E-state index in [1.165, 1.54) is 6.07 Å². The van der Waals surface area contributed by atoms with Gasteiger partial charge in [0.15, 0.2) is 11.5 Å². The summed E-state index contributed by atoms with van der Waals surface area (Å²) in [5, 5.41) is 2.50. The Morgan fingerprint density at radius 2 is 2.11 bits per heavy atom. The zero-order chi connectivity index (χ0) is 13.0. The maximum atomic E-state index is 11.7. The largest absolute Gasteiger partial charge is 0.485 e. The second kappa shape index (κ2) is 5.39. The molecule has 1 amide bonds.